The highest BCUT2D eigenvalue weighted by Gasteiger charge is 2.09. The van der Waals surface area contributed by atoms with Crippen LogP contribution in [0.15, 0.2) is 72.1 Å². The van der Waals surface area contributed by atoms with Gasteiger partial charge in [0.25, 0.3) is 5.91 Å². The van der Waals surface area contributed by atoms with Gasteiger partial charge in [-0.3, -0.25) is 4.79 Å². The van der Waals surface area contributed by atoms with Gasteiger partial charge in [-0.15, -0.1) is 11.3 Å². The highest BCUT2D eigenvalue weighted by atomic mass is 35.5. The zero-order valence-electron chi connectivity index (χ0n) is 17.3. The van der Waals surface area contributed by atoms with Crippen LogP contribution in [-0.2, 0) is 11.3 Å². The van der Waals surface area contributed by atoms with Gasteiger partial charge in [-0.25, -0.2) is 4.98 Å². The van der Waals surface area contributed by atoms with E-state index >= 15 is 0 Å². The fourth-order valence-corrected chi connectivity index (χ4v) is 4.18. The molecule has 4 rings (SSSR count). The van der Waals surface area contributed by atoms with E-state index in [1.165, 1.54) is 5.56 Å². The Balaban J connectivity index is 1.31. The summed E-state index contributed by atoms with van der Waals surface area (Å²) in [7, 11) is 0. The monoisotopic (exact) mass is 482 g/mol. The molecule has 3 aromatic carbocycles. The van der Waals surface area contributed by atoms with E-state index in [4.69, 9.17) is 32.9 Å². The van der Waals surface area contributed by atoms with Crippen LogP contribution in [0.3, 0.4) is 0 Å². The van der Waals surface area contributed by atoms with Gasteiger partial charge in [0.1, 0.15) is 10.8 Å². The van der Waals surface area contributed by atoms with Gasteiger partial charge in [0.05, 0.1) is 10.7 Å². The Morgan fingerprint density at radius 2 is 1.72 bits per heavy atom. The number of nitrogens with zero attached hydrogens (tertiary/aromatic N) is 1. The van der Waals surface area contributed by atoms with Crippen molar-refractivity contribution in [2.24, 2.45) is 0 Å². The van der Waals surface area contributed by atoms with Crippen molar-refractivity contribution < 1.29 is 9.53 Å². The predicted octanol–water partition coefficient (Wildman–Crippen LogP) is 6.79. The molecule has 0 aliphatic rings. The average Bonchev–Trinajstić information content (AvgIpc) is 3.29. The molecule has 0 atom stereocenters. The Hall–Kier alpha value is -2.86. The number of halogens is 2. The van der Waals surface area contributed by atoms with Crippen molar-refractivity contribution in [1.82, 2.24) is 10.3 Å². The summed E-state index contributed by atoms with van der Waals surface area (Å²) in [6, 6.07) is 21.2. The summed E-state index contributed by atoms with van der Waals surface area (Å²) in [4.78, 5) is 16.9. The molecule has 0 fully saturated rings. The van der Waals surface area contributed by atoms with Gasteiger partial charge in [-0.2, -0.15) is 0 Å². The molecule has 0 aliphatic carbocycles. The number of aryl methyl sites for hydroxylation is 1. The molecular weight excluding hydrogens is 463 g/mol. The van der Waals surface area contributed by atoms with Gasteiger partial charge < -0.3 is 10.1 Å². The Morgan fingerprint density at radius 3 is 2.47 bits per heavy atom. The summed E-state index contributed by atoms with van der Waals surface area (Å²) >= 11 is 13.6. The normalized spacial score (nSPS) is 10.7. The second-order valence-corrected chi connectivity index (χ2v) is 8.94. The number of benzene rings is 3. The minimum atomic E-state index is -0.243. The van der Waals surface area contributed by atoms with Crippen molar-refractivity contribution >= 4 is 40.4 Å². The minimum absolute atomic E-state index is 0.140. The number of amides is 1. The molecular formula is C25H20Cl2N2O2S. The van der Waals surface area contributed by atoms with Crippen LogP contribution in [0.5, 0.6) is 5.75 Å². The lowest BCUT2D eigenvalue weighted by molar-refractivity contribution is -0.123. The minimum Gasteiger partial charge on any atom is -0.482 e. The summed E-state index contributed by atoms with van der Waals surface area (Å²) in [5.41, 5.74) is 5.34. The number of rotatable bonds is 7. The van der Waals surface area contributed by atoms with Gasteiger partial charge >= 0.3 is 0 Å². The number of hydrogen-bond donors (Lipinski definition) is 1. The maximum Gasteiger partial charge on any atom is 0.258 e. The second kappa shape index (κ2) is 10.2. The van der Waals surface area contributed by atoms with E-state index in [2.05, 4.69) is 41.9 Å². The first-order valence-corrected chi connectivity index (χ1v) is 11.6. The third-order valence-corrected chi connectivity index (χ3v) is 6.23. The van der Waals surface area contributed by atoms with Crippen molar-refractivity contribution in [3.8, 4) is 27.6 Å². The molecule has 1 amide bonds. The van der Waals surface area contributed by atoms with Gasteiger partial charge in [0, 0.05) is 34.1 Å². The summed E-state index contributed by atoms with van der Waals surface area (Å²) < 4.78 is 5.45. The molecule has 0 radical (unpaired) electrons. The van der Waals surface area contributed by atoms with Crippen LogP contribution < -0.4 is 10.1 Å². The summed E-state index contributed by atoms with van der Waals surface area (Å²) in [6.07, 6.45) is 0. The van der Waals surface area contributed by atoms with Gasteiger partial charge in [0.2, 0.25) is 0 Å². The quantitative estimate of drug-likeness (QED) is 0.315. The molecule has 4 nitrogen and oxygen atoms in total. The molecule has 0 saturated carbocycles. The van der Waals surface area contributed by atoms with E-state index in [0.29, 0.717) is 22.3 Å². The van der Waals surface area contributed by atoms with Crippen molar-refractivity contribution in [2.75, 3.05) is 6.61 Å². The number of aromatic nitrogens is 1. The van der Waals surface area contributed by atoms with E-state index in [0.717, 1.165) is 27.4 Å². The molecule has 162 valence electrons. The first kappa shape index (κ1) is 22.3. The molecule has 1 heterocycles. The van der Waals surface area contributed by atoms with E-state index in [9.17, 15) is 4.79 Å². The Labute approximate surface area is 200 Å². The molecule has 7 heteroatoms. The summed E-state index contributed by atoms with van der Waals surface area (Å²) in [5.74, 6) is 0.139. The topological polar surface area (TPSA) is 51.2 Å². The molecule has 0 bridgehead atoms. The van der Waals surface area contributed by atoms with Gasteiger partial charge in [0.15, 0.2) is 6.61 Å². The third-order valence-electron chi connectivity index (χ3n) is 4.79. The van der Waals surface area contributed by atoms with Crippen LogP contribution in [-0.4, -0.2) is 17.5 Å². The van der Waals surface area contributed by atoms with Crippen LogP contribution in [0.2, 0.25) is 10.0 Å². The fourth-order valence-electron chi connectivity index (χ4n) is 3.01. The SMILES string of the molecule is Cc1ccc(-c2csc(-c3ccc(CNC(=O)COc4cc(Cl)ccc4Cl)cc3)n2)cc1. The van der Waals surface area contributed by atoms with Crippen molar-refractivity contribution in [3.05, 3.63) is 93.3 Å². The number of ether oxygens (including phenoxy) is 1. The molecule has 1 aromatic heterocycles. The fraction of sp³-hybridized carbons (Fsp3) is 0.120. The molecule has 0 saturated heterocycles. The number of carbonyl (C=O) groups is 1. The van der Waals surface area contributed by atoms with Crippen molar-refractivity contribution in [2.45, 2.75) is 13.5 Å². The predicted molar refractivity (Wildman–Crippen MR) is 132 cm³/mol. The Morgan fingerprint density at radius 1 is 1.00 bits per heavy atom. The zero-order chi connectivity index (χ0) is 22.5. The van der Waals surface area contributed by atoms with E-state index in [1.807, 2.05) is 24.3 Å². The van der Waals surface area contributed by atoms with Crippen LogP contribution in [0.4, 0.5) is 0 Å². The van der Waals surface area contributed by atoms with Crippen molar-refractivity contribution in [1.29, 1.82) is 0 Å². The number of nitrogens with one attached hydrogen (secondary N) is 1. The number of thiazole rings is 1. The maximum absolute atomic E-state index is 12.1. The standard InChI is InChI=1S/C25H20Cl2N2O2S/c1-16-2-6-18(7-3-16)22-15-32-25(29-22)19-8-4-17(5-9-19)13-28-24(30)14-31-23-12-20(26)10-11-21(23)27/h2-12,15H,13-14H2,1H3,(H,28,30). The first-order chi connectivity index (χ1) is 15.5. The smallest absolute Gasteiger partial charge is 0.258 e. The van der Waals surface area contributed by atoms with Gasteiger partial charge in [-0.05, 0) is 24.6 Å². The second-order valence-electron chi connectivity index (χ2n) is 7.24. The van der Waals surface area contributed by atoms with E-state index in [-0.39, 0.29) is 12.5 Å². The lowest BCUT2D eigenvalue weighted by atomic mass is 10.1. The average molecular weight is 483 g/mol. The van der Waals surface area contributed by atoms with Crippen molar-refractivity contribution in [3.63, 3.8) is 0 Å². The van der Waals surface area contributed by atoms with E-state index < -0.39 is 0 Å². The number of hydrogen-bond acceptors (Lipinski definition) is 4. The number of carbonyl (C=O) groups excluding carboxylic acids is 1. The zero-order valence-corrected chi connectivity index (χ0v) is 19.6. The molecule has 0 spiro atoms. The van der Waals surface area contributed by atoms with Gasteiger partial charge in [-0.1, -0.05) is 77.3 Å². The lowest BCUT2D eigenvalue weighted by Gasteiger charge is -2.09. The van der Waals surface area contributed by atoms with Crippen LogP contribution >= 0.6 is 34.5 Å². The Kier molecular flexibility index (Phi) is 7.10. The largest absolute Gasteiger partial charge is 0.482 e. The molecule has 4 aromatic rings. The molecule has 0 aliphatic heterocycles. The third kappa shape index (κ3) is 5.68. The van der Waals surface area contributed by atoms with E-state index in [1.54, 1.807) is 29.5 Å². The first-order valence-electron chi connectivity index (χ1n) is 9.94. The summed E-state index contributed by atoms with van der Waals surface area (Å²) in [5, 5.41) is 6.77. The highest BCUT2D eigenvalue weighted by Crippen LogP contribution is 2.29. The van der Waals surface area contributed by atoms with Crippen LogP contribution in [0.25, 0.3) is 21.8 Å². The van der Waals surface area contributed by atoms with Crippen LogP contribution in [0, 0.1) is 6.92 Å². The maximum atomic E-state index is 12.1. The molecule has 32 heavy (non-hydrogen) atoms. The highest BCUT2D eigenvalue weighted by molar-refractivity contribution is 7.13. The lowest BCUT2D eigenvalue weighted by Crippen LogP contribution is -2.28. The van der Waals surface area contributed by atoms with Crippen LogP contribution in [0.1, 0.15) is 11.1 Å². The summed E-state index contributed by atoms with van der Waals surface area (Å²) in [6.45, 7) is 2.33. The Bertz CT molecular complexity index is 1220. The molecule has 1 N–H and O–H groups in total. The molecule has 0 unspecified atom stereocenters.